The molecule has 0 aromatic heterocycles. The fourth-order valence-electron chi connectivity index (χ4n) is 4.22. The number of hydrogen-bond donors (Lipinski definition) is 2. The topological polar surface area (TPSA) is 123 Å². The Morgan fingerprint density at radius 2 is 1.58 bits per heavy atom. The highest BCUT2D eigenvalue weighted by atomic mass is 16.5. The number of fused-ring (bicyclic) bond motifs is 5. The summed E-state index contributed by atoms with van der Waals surface area (Å²) in [6.45, 7) is 0.866. The maximum atomic E-state index is 12.5. The predicted molar refractivity (Wildman–Crippen MR) is 115 cm³/mol. The lowest BCUT2D eigenvalue weighted by molar-refractivity contribution is -0.142. The summed E-state index contributed by atoms with van der Waals surface area (Å²) < 4.78 is 16.3. The van der Waals surface area contributed by atoms with E-state index in [9.17, 15) is 19.2 Å². The number of nitrogens with zero attached hydrogens (tertiary/aromatic N) is 1. The van der Waals surface area contributed by atoms with Gasteiger partial charge in [0.05, 0.1) is 43.7 Å². The van der Waals surface area contributed by atoms with E-state index in [0.717, 1.165) is 0 Å². The molecular formula is C23H27N3O7. The number of benzene rings is 1. The van der Waals surface area contributed by atoms with Gasteiger partial charge in [0.1, 0.15) is 5.75 Å². The van der Waals surface area contributed by atoms with Crippen molar-refractivity contribution in [1.29, 1.82) is 0 Å². The molecule has 4 atom stereocenters. The molecule has 3 aliphatic heterocycles. The summed E-state index contributed by atoms with van der Waals surface area (Å²) in [4.78, 5) is 50.0. The van der Waals surface area contributed by atoms with Crippen LogP contribution in [0.3, 0.4) is 0 Å². The summed E-state index contributed by atoms with van der Waals surface area (Å²) in [7, 11) is 0. The molecule has 1 aromatic rings. The average molecular weight is 457 g/mol. The zero-order chi connectivity index (χ0) is 23.2. The maximum Gasteiger partial charge on any atom is 0.236 e. The van der Waals surface area contributed by atoms with Gasteiger partial charge >= 0.3 is 0 Å². The first kappa shape index (κ1) is 22.9. The summed E-state index contributed by atoms with van der Waals surface area (Å²) in [6.07, 6.45) is 3.21. The number of hydrogen-bond acceptors (Lipinski definition) is 7. The van der Waals surface area contributed by atoms with E-state index in [1.165, 1.54) is 4.90 Å². The number of para-hydroxylation sites is 1. The quantitative estimate of drug-likeness (QED) is 0.196. The zero-order valence-corrected chi connectivity index (χ0v) is 18.1. The first-order valence-corrected chi connectivity index (χ1v) is 11.0. The van der Waals surface area contributed by atoms with Crippen LogP contribution >= 0.6 is 0 Å². The van der Waals surface area contributed by atoms with Crippen LogP contribution in [0.1, 0.15) is 12.8 Å². The summed E-state index contributed by atoms with van der Waals surface area (Å²) in [6, 6.07) is 9.16. The minimum Gasteiger partial charge on any atom is -0.473 e. The van der Waals surface area contributed by atoms with E-state index in [-0.39, 0.29) is 81.7 Å². The summed E-state index contributed by atoms with van der Waals surface area (Å²) >= 11 is 0. The average Bonchev–Trinajstić information content (AvgIpc) is 3.49. The van der Waals surface area contributed by atoms with Crippen molar-refractivity contribution in [2.24, 2.45) is 11.8 Å². The molecule has 0 aliphatic carbocycles. The van der Waals surface area contributed by atoms with E-state index in [4.69, 9.17) is 14.2 Å². The van der Waals surface area contributed by atoms with Gasteiger partial charge in [0.2, 0.25) is 23.6 Å². The van der Waals surface area contributed by atoms with Crippen LogP contribution in [-0.4, -0.2) is 73.8 Å². The highest BCUT2D eigenvalue weighted by Crippen LogP contribution is 2.44. The Morgan fingerprint density at radius 3 is 2.27 bits per heavy atom. The minimum atomic E-state index is -0.453. The third-order valence-corrected chi connectivity index (χ3v) is 5.86. The molecule has 1 aromatic carbocycles. The van der Waals surface area contributed by atoms with Gasteiger partial charge in [-0.3, -0.25) is 24.1 Å². The second-order valence-corrected chi connectivity index (χ2v) is 7.99. The Morgan fingerprint density at radius 1 is 0.909 bits per heavy atom. The van der Waals surface area contributed by atoms with Crippen LogP contribution in [-0.2, 0) is 28.7 Å². The zero-order valence-electron chi connectivity index (χ0n) is 18.1. The molecular weight excluding hydrogens is 430 g/mol. The van der Waals surface area contributed by atoms with E-state index < -0.39 is 11.8 Å². The van der Waals surface area contributed by atoms with E-state index >= 15 is 0 Å². The number of amides is 4. The van der Waals surface area contributed by atoms with Crippen molar-refractivity contribution in [3.8, 4) is 5.75 Å². The first-order chi connectivity index (χ1) is 16.0. The van der Waals surface area contributed by atoms with E-state index in [1.807, 2.05) is 30.4 Å². The van der Waals surface area contributed by atoms with Crippen molar-refractivity contribution in [2.45, 2.75) is 25.0 Å². The highest BCUT2D eigenvalue weighted by Gasteiger charge is 2.60. The van der Waals surface area contributed by atoms with Crippen molar-refractivity contribution < 1.29 is 33.4 Å². The Hall–Kier alpha value is -3.24. The molecule has 2 fully saturated rings. The predicted octanol–water partition coefficient (Wildman–Crippen LogP) is -0.00950. The van der Waals surface area contributed by atoms with Gasteiger partial charge in [-0.2, -0.15) is 0 Å². The van der Waals surface area contributed by atoms with Crippen LogP contribution in [0.25, 0.3) is 0 Å². The molecule has 3 aliphatic rings. The van der Waals surface area contributed by atoms with Crippen LogP contribution in [0.15, 0.2) is 42.5 Å². The minimum absolute atomic E-state index is 0.0321. The van der Waals surface area contributed by atoms with Crippen LogP contribution in [0.5, 0.6) is 5.75 Å². The van der Waals surface area contributed by atoms with Gasteiger partial charge in [-0.05, 0) is 12.1 Å². The number of rotatable bonds is 12. The van der Waals surface area contributed by atoms with E-state index in [0.29, 0.717) is 5.75 Å². The number of imide groups is 1. The lowest BCUT2D eigenvalue weighted by Gasteiger charge is -2.17. The standard InChI is InChI=1S/C23H27N3O7/c27-18(8-11-26-22(29)20-16-6-7-17(33-16)21(20)23(26)30)24-10-13-31-12-9-19(28)25-14-32-15-4-2-1-3-5-15/h1-7,16-17,20-21H,8-14H2,(H,24,27)(H,25,28). The van der Waals surface area contributed by atoms with Gasteiger partial charge in [-0.15, -0.1) is 0 Å². The van der Waals surface area contributed by atoms with Crippen LogP contribution < -0.4 is 15.4 Å². The molecule has 0 spiro atoms. The first-order valence-electron chi connectivity index (χ1n) is 11.0. The second-order valence-electron chi connectivity index (χ2n) is 7.99. The second kappa shape index (κ2) is 10.6. The Labute approximate surface area is 191 Å². The lowest BCUT2D eigenvalue weighted by atomic mass is 9.85. The molecule has 0 radical (unpaired) electrons. The normalized spacial score (nSPS) is 24.8. The number of carbonyl (C=O) groups excluding carboxylic acids is 4. The fourth-order valence-corrected chi connectivity index (χ4v) is 4.22. The third-order valence-electron chi connectivity index (χ3n) is 5.86. The van der Waals surface area contributed by atoms with Gasteiger partial charge in [-0.1, -0.05) is 30.4 Å². The van der Waals surface area contributed by atoms with E-state index in [2.05, 4.69) is 10.6 Å². The number of likely N-dealkylation sites (tertiary alicyclic amines) is 1. The Bertz CT molecular complexity index is 890. The number of nitrogens with one attached hydrogen (secondary N) is 2. The van der Waals surface area contributed by atoms with Crippen LogP contribution in [0.2, 0.25) is 0 Å². The number of carbonyl (C=O) groups is 4. The summed E-state index contributed by atoms with van der Waals surface area (Å²) in [5.74, 6) is -1.23. The molecule has 10 nitrogen and oxygen atoms in total. The van der Waals surface area contributed by atoms with Gasteiger partial charge in [0.25, 0.3) is 0 Å². The van der Waals surface area contributed by atoms with Crippen molar-refractivity contribution in [3.63, 3.8) is 0 Å². The molecule has 4 unspecified atom stereocenters. The molecule has 2 bridgehead atoms. The molecule has 3 heterocycles. The molecule has 0 saturated carbocycles. The van der Waals surface area contributed by atoms with Gasteiger partial charge < -0.3 is 24.8 Å². The fraction of sp³-hybridized carbons (Fsp3) is 0.478. The SMILES string of the molecule is O=C(CCN1C(=O)C2C3C=CC(O3)C2C1=O)NCCOCCC(=O)NCOc1ccccc1. The molecule has 2 N–H and O–H groups in total. The van der Waals surface area contributed by atoms with Crippen molar-refractivity contribution >= 4 is 23.6 Å². The van der Waals surface area contributed by atoms with Crippen molar-refractivity contribution in [2.75, 3.05) is 33.0 Å². The maximum absolute atomic E-state index is 12.5. The molecule has 176 valence electrons. The van der Waals surface area contributed by atoms with Crippen LogP contribution in [0, 0.1) is 11.8 Å². The molecule has 2 saturated heterocycles. The molecule has 4 rings (SSSR count). The number of ether oxygens (including phenoxy) is 3. The smallest absolute Gasteiger partial charge is 0.236 e. The van der Waals surface area contributed by atoms with Gasteiger partial charge in [0, 0.05) is 19.5 Å². The highest BCUT2D eigenvalue weighted by molar-refractivity contribution is 6.07. The van der Waals surface area contributed by atoms with Crippen molar-refractivity contribution in [3.05, 3.63) is 42.5 Å². The third kappa shape index (κ3) is 5.40. The monoisotopic (exact) mass is 457 g/mol. The largest absolute Gasteiger partial charge is 0.473 e. The van der Waals surface area contributed by atoms with E-state index in [1.54, 1.807) is 12.1 Å². The lowest BCUT2D eigenvalue weighted by Crippen LogP contribution is -2.38. The van der Waals surface area contributed by atoms with Gasteiger partial charge in [0.15, 0.2) is 6.73 Å². The van der Waals surface area contributed by atoms with Crippen molar-refractivity contribution in [1.82, 2.24) is 15.5 Å². The molecule has 4 amide bonds. The molecule has 10 heteroatoms. The van der Waals surface area contributed by atoms with Crippen LogP contribution in [0.4, 0.5) is 0 Å². The Kier molecular flexibility index (Phi) is 7.36. The summed E-state index contributed by atoms with van der Waals surface area (Å²) in [5, 5.41) is 5.32. The summed E-state index contributed by atoms with van der Waals surface area (Å²) in [5.41, 5.74) is 0. The Balaban J connectivity index is 1.03. The van der Waals surface area contributed by atoms with Gasteiger partial charge in [-0.25, -0.2) is 0 Å². The molecule has 33 heavy (non-hydrogen) atoms.